The average molecular weight is 892 g/mol. The Balaban J connectivity index is 2.16. The van der Waals surface area contributed by atoms with Crippen LogP contribution in [0.5, 0.6) is 0 Å². The molecule has 0 aliphatic carbocycles. The van der Waals surface area contributed by atoms with E-state index < -0.39 is 172 Å². The van der Waals surface area contributed by atoms with Gasteiger partial charge in [0.1, 0.15) is 67.3 Å². The molecule has 1 fully saturated rings. The van der Waals surface area contributed by atoms with Crippen molar-refractivity contribution in [3.63, 3.8) is 0 Å². The van der Waals surface area contributed by atoms with Crippen LogP contribution in [0.4, 0.5) is 4.39 Å². The van der Waals surface area contributed by atoms with E-state index in [1.165, 1.54) is 27.0 Å². The Morgan fingerprint density at radius 3 is 1.87 bits per heavy atom. The summed E-state index contributed by atoms with van der Waals surface area (Å²) in [6.45, 7) is 1.69. The Labute approximate surface area is 352 Å². The van der Waals surface area contributed by atoms with Gasteiger partial charge in [0.2, 0.25) is 35.4 Å². The maximum atomic E-state index is 13.6. The number of halogens is 1. The number of carboxylic acid groups (broad SMARTS) is 3. The molecule has 10 atom stereocenters. The third kappa shape index (κ3) is 16.9. The lowest BCUT2D eigenvalue weighted by atomic mass is 9.95. The molecule has 348 valence electrons. The zero-order valence-corrected chi connectivity index (χ0v) is 33.9. The van der Waals surface area contributed by atoms with Gasteiger partial charge in [0.15, 0.2) is 0 Å². The van der Waals surface area contributed by atoms with E-state index in [-0.39, 0.29) is 12.8 Å². The molecule has 0 bridgehead atoms. The van der Waals surface area contributed by atoms with Crippen molar-refractivity contribution >= 4 is 53.4 Å². The van der Waals surface area contributed by atoms with Gasteiger partial charge < -0.3 is 72.4 Å². The second-order valence-corrected chi connectivity index (χ2v) is 14.6. The molecule has 13 N–H and O–H groups in total. The maximum absolute atomic E-state index is 13.6. The van der Waals surface area contributed by atoms with Gasteiger partial charge in [0, 0.05) is 19.2 Å². The first-order valence-electron chi connectivity index (χ1n) is 19.3. The Morgan fingerprint density at radius 1 is 0.742 bits per heavy atom. The van der Waals surface area contributed by atoms with Crippen LogP contribution >= 0.6 is 0 Å². The van der Waals surface area contributed by atoms with Crippen LogP contribution in [0, 0.1) is 5.92 Å². The summed E-state index contributed by atoms with van der Waals surface area (Å²) < 4.78 is 18.9. The normalized spacial score (nSPS) is 21.0. The predicted molar refractivity (Wildman–Crippen MR) is 203 cm³/mol. The number of amides is 6. The summed E-state index contributed by atoms with van der Waals surface area (Å²) in [5.41, 5.74) is 0.362. The minimum atomic E-state index is -1.86. The zero-order valence-electron chi connectivity index (χ0n) is 33.9. The molecule has 1 aliphatic rings. The fraction of sp³-hybridized carbons (Fsp3) is 0.686. The number of nitrogens with one attached hydrogen (secondary N) is 6. The highest BCUT2D eigenvalue weighted by molar-refractivity contribution is 5.98. The summed E-state index contributed by atoms with van der Waals surface area (Å²) in [5, 5.41) is 88.6. The lowest BCUT2D eigenvalue weighted by molar-refractivity contribution is -0.227. The fourth-order valence-electron chi connectivity index (χ4n) is 5.87. The van der Waals surface area contributed by atoms with Crippen LogP contribution in [0.15, 0.2) is 6.20 Å². The van der Waals surface area contributed by atoms with Gasteiger partial charge in [-0.3, -0.25) is 47.5 Å². The summed E-state index contributed by atoms with van der Waals surface area (Å²) in [6, 6.07) is -8.42. The van der Waals surface area contributed by atoms with Crippen molar-refractivity contribution in [2.45, 2.75) is 127 Å². The molecule has 6 amide bonds. The number of carbonyl (C=O) groups is 9. The van der Waals surface area contributed by atoms with Gasteiger partial charge in [-0.2, -0.15) is 0 Å². The van der Waals surface area contributed by atoms with E-state index in [1.54, 1.807) is 0 Å². The summed E-state index contributed by atoms with van der Waals surface area (Å²) in [7, 11) is 0. The Morgan fingerprint density at radius 2 is 1.31 bits per heavy atom. The van der Waals surface area contributed by atoms with Gasteiger partial charge in [0.05, 0.1) is 31.8 Å². The molecule has 2 unspecified atom stereocenters. The Hall–Kier alpha value is -5.90. The first-order chi connectivity index (χ1) is 29.1. The highest BCUT2D eigenvalue weighted by atomic mass is 19.1. The van der Waals surface area contributed by atoms with Crippen molar-refractivity contribution in [3.8, 4) is 0 Å². The van der Waals surface area contributed by atoms with Crippen LogP contribution in [0.25, 0.3) is 0 Å². The highest BCUT2D eigenvalue weighted by Gasteiger charge is 2.43. The standard InChI is InChI=1S/C35H54FN9O17/c1-15(2)27(35(61)41-20(10-26(52)53)33(59)38-16(3)31(57)37-11-21-28(54)30(56)29(55)22(14-46)62-21)42-32(58)18(6-7-24(48)49)40-34(60)19(9-25(50)51)39-23(47)13-45-12-17(43-44-45)5-4-8-36/h12,15-16,18-22,27-30,46,54-56H,4-11,13-14H2,1-3H3,(H,37,57)(H,38,59)(H,39,47)(H,40,60)(H,41,61)(H,42,58)(H,48,49)(H,50,51)(H,52,53)/t16-,18-,19-,20-,21-,22+,27-,28-,29?,30?/m0/s1. The summed E-state index contributed by atoms with van der Waals surface area (Å²) in [4.78, 5) is 114. The summed E-state index contributed by atoms with van der Waals surface area (Å²) >= 11 is 0. The molecule has 1 aliphatic heterocycles. The predicted octanol–water partition coefficient (Wildman–Crippen LogP) is -5.95. The number of carbonyl (C=O) groups excluding carboxylic acids is 6. The van der Waals surface area contributed by atoms with Crippen LogP contribution in [-0.4, -0.2) is 185 Å². The molecular weight excluding hydrogens is 837 g/mol. The minimum absolute atomic E-state index is 0.150. The number of aliphatic hydroxyl groups is 4. The number of aryl methyl sites for hydroxylation is 1. The van der Waals surface area contributed by atoms with Crippen molar-refractivity contribution in [1.82, 2.24) is 46.9 Å². The van der Waals surface area contributed by atoms with E-state index in [9.17, 15) is 83.3 Å². The van der Waals surface area contributed by atoms with Crippen molar-refractivity contribution < 1.29 is 88.0 Å². The monoisotopic (exact) mass is 891 g/mol. The molecule has 62 heavy (non-hydrogen) atoms. The van der Waals surface area contributed by atoms with E-state index in [4.69, 9.17) is 4.74 Å². The molecule has 0 aromatic carbocycles. The average Bonchev–Trinajstić information content (AvgIpc) is 3.64. The largest absolute Gasteiger partial charge is 0.481 e. The van der Waals surface area contributed by atoms with Gasteiger partial charge in [-0.25, -0.2) is 4.68 Å². The quantitative estimate of drug-likeness (QED) is 0.0412. The first kappa shape index (κ1) is 52.2. The molecule has 27 heteroatoms. The number of rotatable bonds is 26. The van der Waals surface area contributed by atoms with Gasteiger partial charge in [-0.05, 0) is 32.1 Å². The molecular formula is C35H54FN9O17. The van der Waals surface area contributed by atoms with Crippen molar-refractivity contribution in [2.24, 2.45) is 5.92 Å². The van der Waals surface area contributed by atoms with E-state index in [2.05, 4.69) is 42.2 Å². The summed E-state index contributed by atoms with van der Waals surface area (Å²) in [6.07, 6.45) is -9.25. The van der Waals surface area contributed by atoms with Crippen molar-refractivity contribution in [3.05, 3.63) is 11.9 Å². The van der Waals surface area contributed by atoms with Crippen LogP contribution in [-0.2, 0) is 60.9 Å². The Bertz CT molecular complexity index is 1750. The van der Waals surface area contributed by atoms with Crippen LogP contribution < -0.4 is 31.9 Å². The molecule has 2 rings (SSSR count). The molecule has 1 aromatic rings. The first-order valence-corrected chi connectivity index (χ1v) is 19.3. The lowest BCUT2D eigenvalue weighted by Gasteiger charge is -2.40. The molecule has 0 saturated carbocycles. The van der Waals surface area contributed by atoms with E-state index in [0.717, 1.165) is 4.68 Å². The zero-order chi connectivity index (χ0) is 46.8. The van der Waals surface area contributed by atoms with E-state index in [1.807, 2.05) is 0 Å². The number of hydrogen-bond acceptors (Lipinski definition) is 16. The topological polar surface area (TPSA) is 407 Å². The third-order valence-electron chi connectivity index (χ3n) is 9.25. The Kier molecular flexibility index (Phi) is 21.2. The lowest BCUT2D eigenvalue weighted by Crippen LogP contribution is -2.62. The van der Waals surface area contributed by atoms with E-state index in [0.29, 0.717) is 5.69 Å². The molecule has 1 aromatic heterocycles. The van der Waals surface area contributed by atoms with Crippen LogP contribution in [0.2, 0.25) is 0 Å². The van der Waals surface area contributed by atoms with Gasteiger partial charge in [-0.15, -0.1) is 5.10 Å². The van der Waals surface area contributed by atoms with Gasteiger partial charge in [0.25, 0.3) is 0 Å². The molecule has 2 heterocycles. The maximum Gasteiger partial charge on any atom is 0.305 e. The minimum Gasteiger partial charge on any atom is -0.481 e. The summed E-state index contributed by atoms with van der Waals surface area (Å²) in [5.74, 6) is -11.9. The molecule has 1 saturated heterocycles. The number of aliphatic carboxylic acids is 3. The molecule has 26 nitrogen and oxygen atoms in total. The number of aromatic nitrogens is 3. The van der Waals surface area contributed by atoms with Crippen LogP contribution in [0.3, 0.4) is 0 Å². The van der Waals surface area contributed by atoms with Crippen molar-refractivity contribution in [1.29, 1.82) is 0 Å². The number of nitrogens with zero attached hydrogens (tertiary/aromatic N) is 3. The number of alkyl halides is 1. The number of hydrogen-bond donors (Lipinski definition) is 13. The van der Waals surface area contributed by atoms with Crippen LogP contribution in [0.1, 0.15) is 58.6 Å². The number of ether oxygens (including phenoxy) is 1. The smallest absolute Gasteiger partial charge is 0.305 e. The third-order valence-corrected chi connectivity index (χ3v) is 9.25. The van der Waals surface area contributed by atoms with Gasteiger partial charge >= 0.3 is 17.9 Å². The molecule has 0 radical (unpaired) electrons. The highest BCUT2D eigenvalue weighted by Crippen LogP contribution is 2.20. The SMILES string of the molecule is CC(C)[C@H](NC(=O)[C@H](CCC(=O)O)NC(=O)[C@H](CC(=O)O)NC(=O)Cn1cc(CCCF)nn1)C(=O)N[C@@H](CC(=O)O)C(=O)N[C@@H](C)C(=O)NC[C@@H]1O[C@H](CO)C(O)C(O)[C@H]1O. The second-order valence-electron chi connectivity index (χ2n) is 14.6. The van der Waals surface area contributed by atoms with E-state index >= 15 is 0 Å². The van der Waals surface area contributed by atoms with Crippen molar-refractivity contribution in [2.75, 3.05) is 19.8 Å². The number of aliphatic hydroxyl groups excluding tert-OH is 4. The molecule has 0 spiro atoms. The van der Waals surface area contributed by atoms with Gasteiger partial charge in [-0.1, -0.05) is 19.1 Å². The fourth-order valence-corrected chi connectivity index (χ4v) is 5.87. The second kappa shape index (κ2) is 25.1. The number of carboxylic acids is 3.